The lowest BCUT2D eigenvalue weighted by atomic mass is 10.2. The molecule has 2 fully saturated rings. The second kappa shape index (κ2) is 5.20. The van der Waals surface area contributed by atoms with E-state index in [0.29, 0.717) is 6.61 Å². The fourth-order valence-electron chi connectivity index (χ4n) is 3.26. The number of aromatic nitrogens is 4. The number of hydrogen-bond donors (Lipinski definition) is 0. The number of cyclic esters (lactones) is 1. The van der Waals surface area contributed by atoms with Crippen LogP contribution in [0.2, 0.25) is 0 Å². The van der Waals surface area contributed by atoms with E-state index in [9.17, 15) is 4.79 Å². The number of ether oxygens (including phenoxy) is 1. The van der Waals surface area contributed by atoms with Gasteiger partial charge >= 0.3 is 5.97 Å². The van der Waals surface area contributed by atoms with Crippen molar-refractivity contribution in [2.75, 3.05) is 37.7 Å². The van der Waals surface area contributed by atoms with Crippen LogP contribution in [0.25, 0.3) is 11.0 Å². The average molecular weight is 302 g/mol. The molecule has 0 N–H and O–H groups in total. The van der Waals surface area contributed by atoms with Crippen molar-refractivity contribution in [3.8, 4) is 0 Å². The number of aryl methyl sites for hydroxylation is 1. The number of nitrogens with zero attached hydrogens (tertiary/aromatic N) is 6. The van der Waals surface area contributed by atoms with Crippen LogP contribution in [-0.4, -0.2) is 69.4 Å². The Balaban J connectivity index is 1.52. The molecule has 0 saturated carbocycles. The maximum atomic E-state index is 11.7. The molecule has 8 nitrogen and oxygen atoms in total. The maximum absolute atomic E-state index is 11.7. The largest absolute Gasteiger partial charge is 0.464 e. The van der Waals surface area contributed by atoms with Gasteiger partial charge in [0.05, 0.1) is 18.2 Å². The molecule has 0 spiro atoms. The molecule has 0 unspecified atom stereocenters. The molecule has 4 heterocycles. The van der Waals surface area contributed by atoms with Crippen molar-refractivity contribution in [3.63, 3.8) is 0 Å². The molecule has 1 atom stereocenters. The molecule has 0 bridgehead atoms. The minimum absolute atomic E-state index is 0.0639. The standard InChI is InChI=1S/C14H18N6O2/c1-18-12-10(8-17-18)13(16-9-15-12)20-5-3-19(4-6-20)11-2-7-22-14(11)21/h8-9,11H,2-7H2,1H3/t11-/m0/s1. The summed E-state index contributed by atoms with van der Waals surface area (Å²) < 4.78 is 6.82. The molecule has 8 heteroatoms. The van der Waals surface area contributed by atoms with Crippen molar-refractivity contribution in [1.82, 2.24) is 24.6 Å². The van der Waals surface area contributed by atoms with Crippen LogP contribution in [0.1, 0.15) is 6.42 Å². The van der Waals surface area contributed by atoms with Crippen LogP contribution in [0.3, 0.4) is 0 Å². The van der Waals surface area contributed by atoms with Gasteiger partial charge in [0, 0.05) is 39.6 Å². The Kier molecular flexibility index (Phi) is 3.18. The normalized spacial score (nSPS) is 23.2. The van der Waals surface area contributed by atoms with Gasteiger partial charge in [-0.05, 0) is 0 Å². The molecule has 4 rings (SSSR count). The van der Waals surface area contributed by atoms with E-state index in [2.05, 4.69) is 24.9 Å². The van der Waals surface area contributed by atoms with Crippen molar-refractivity contribution in [2.24, 2.45) is 7.05 Å². The molecule has 2 aliphatic rings. The van der Waals surface area contributed by atoms with Gasteiger partial charge in [-0.25, -0.2) is 9.97 Å². The fraction of sp³-hybridized carbons (Fsp3) is 0.571. The monoisotopic (exact) mass is 302 g/mol. The molecule has 2 aromatic rings. The summed E-state index contributed by atoms with van der Waals surface area (Å²) >= 11 is 0. The molecule has 0 radical (unpaired) electrons. The lowest BCUT2D eigenvalue weighted by molar-refractivity contribution is -0.142. The van der Waals surface area contributed by atoms with Crippen molar-refractivity contribution in [3.05, 3.63) is 12.5 Å². The number of hydrogen-bond acceptors (Lipinski definition) is 7. The predicted octanol–water partition coefficient (Wildman–Crippen LogP) is -0.199. The summed E-state index contributed by atoms with van der Waals surface area (Å²) in [7, 11) is 1.88. The van der Waals surface area contributed by atoms with E-state index in [1.165, 1.54) is 0 Å². The van der Waals surface area contributed by atoms with Crippen LogP contribution in [0, 0.1) is 0 Å². The zero-order valence-electron chi connectivity index (χ0n) is 12.5. The third-order valence-corrected chi connectivity index (χ3v) is 4.47. The van der Waals surface area contributed by atoms with Gasteiger partial charge in [-0.2, -0.15) is 5.10 Å². The highest BCUT2D eigenvalue weighted by atomic mass is 16.5. The maximum Gasteiger partial charge on any atom is 0.323 e. The van der Waals surface area contributed by atoms with Gasteiger partial charge in [0.2, 0.25) is 0 Å². The second-order valence-corrected chi connectivity index (χ2v) is 5.70. The molecular formula is C14H18N6O2. The smallest absolute Gasteiger partial charge is 0.323 e. The Morgan fingerprint density at radius 2 is 2.05 bits per heavy atom. The molecule has 22 heavy (non-hydrogen) atoms. The van der Waals surface area contributed by atoms with Crippen LogP contribution in [0.5, 0.6) is 0 Å². The minimum Gasteiger partial charge on any atom is -0.464 e. The number of fused-ring (bicyclic) bond motifs is 1. The molecule has 2 saturated heterocycles. The number of anilines is 1. The number of esters is 1. The van der Waals surface area contributed by atoms with Crippen molar-refractivity contribution in [2.45, 2.75) is 12.5 Å². The Bertz CT molecular complexity index is 706. The van der Waals surface area contributed by atoms with Crippen LogP contribution in [0.15, 0.2) is 12.5 Å². The Morgan fingerprint density at radius 3 is 2.77 bits per heavy atom. The van der Waals surface area contributed by atoms with E-state index in [4.69, 9.17) is 4.74 Å². The van der Waals surface area contributed by atoms with Gasteiger partial charge in [-0.1, -0.05) is 0 Å². The van der Waals surface area contributed by atoms with Gasteiger partial charge < -0.3 is 9.64 Å². The van der Waals surface area contributed by atoms with Gasteiger partial charge in [0.25, 0.3) is 0 Å². The van der Waals surface area contributed by atoms with E-state index >= 15 is 0 Å². The molecule has 2 aliphatic heterocycles. The lowest BCUT2D eigenvalue weighted by Gasteiger charge is -2.37. The van der Waals surface area contributed by atoms with Gasteiger partial charge in [-0.15, -0.1) is 0 Å². The zero-order chi connectivity index (χ0) is 15.1. The Hall–Kier alpha value is -2.22. The lowest BCUT2D eigenvalue weighted by Crippen LogP contribution is -2.51. The summed E-state index contributed by atoms with van der Waals surface area (Å²) in [6.07, 6.45) is 4.20. The highest BCUT2D eigenvalue weighted by Gasteiger charge is 2.34. The summed E-state index contributed by atoms with van der Waals surface area (Å²) in [6.45, 7) is 3.90. The fourth-order valence-corrected chi connectivity index (χ4v) is 3.26. The highest BCUT2D eigenvalue weighted by molar-refractivity contribution is 5.86. The van der Waals surface area contributed by atoms with Gasteiger partial charge in [0.15, 0.2) is 5.65 Å². The third-order valence-electron chi connectivity index (χ3n) is 4.47. The topological polar surface area (TPSA) is 76.4 Å². The second-order valence-electron chi connectivity index (χ2n) is 5.70. The van der Waals surface area contributed by atoms with Gasteiger partial charge in [0.1, 0.15) is 18.2 Å². The molecule has 2 aromatic heterocycles. The summed E-state index contributed by atoms with van der Waals surface area (Å²) in [5.41, 5.74) is 0.840. The number of piperazine rings is 1. The minimum atomic E-state index is -0.0786. The van der Waals surface area contributed by atoms with E-state index in [1.807, 2.05) is 13.2 Å². The molecular weight excluding hydrogens is 284 g/mol. The quantitative estimate of drug-likeness (QED) is 0.711. The first-order valence-corrected chi connectivity index (χ1v) is 7.52. The molecule has 116 valence electrons. The number of carbonyl (C=O) groups excluding carboxylic acids is 1. The first kappa shape index (κ1) is 13.4. The number of rotatable bonds is 2. The number of carbonyl (C=O) groups is 1. The van der Waals surface area contributed by atoms with Crippen molar-refractivity contribution < 1.29 is 9.53 Å². The van der Waals surface area contributed by atoms with E-state index in [-0.39, 0.29) is 12.0 Å². The van der Waals surface area contributed by atoms with E-state index in [0.717, 1.165) is 49.5 Å². The third kappa shape index (κ3) is 2.10. The average Bonchev–Trinajstić information content (AvgIpc) is 3.14. The summed E-state index contributed by atoms with van der Waals surface area (Å²) in [6, 6.07) is -0.0639. The zero-order valence-corrected chi connectivity index (χ0v) is 12.5. The predicted molar refractivity (Wildman–Crippen MR) is 79.5 cm³/mol. The van der Waals surface area contributed by atoms with Gasteiger partial charge in [-0.3, -0.25) is 14.4 Å². The van der Waals surface area contributed by atoms with Crippen LogP contribution < -0.4 is 4.90 Å². The van der Waals surface area contributed by atoms with Crippen molar-refractivity contribution >= 4 is 22.8 Å². The highest BCUT2D eigenvalue weighted by Crippen LogP contribution is 2.24. The molecule has 0 aromatic carbocycles. The van der Waals surface area contributed by atoms with Crippen LogP contribution >= 0.6 is 0 Å². The Morgan fingerprint density at radius 1 is 1.23 bits per heavy atom. The molecule has 0 aliphatic carbocycles. The van der Waals surface area contributed by atoms with E-state index in [1.54, 1.807) is 11.0 Å². The van der Waals surface area contributed by atoms with Crippen LogP contribution in [-0.2, 0) is 16.6 Å². The summed E-state index contributed by atoms with van der Waals surface area (Å²) in [5.74, 6) is 0.844. The van der Waals surface area contributed by atoms with Crippen molar-refractivity contribution in [1.29, 1.82) is 0 Å². The first-order valence-electron chi connectivity index (χ1n) is 7.52. The Labute approximate surface area is 127 Å². The van der Waals surface area contributed by atoms with E-state index < -0.39 is 0 Å². The SMILES string of the molecule is Cn1ncc2c(N3CCN([C@H]4CCOC4=O)CC3)ncnc21. The van der Waals surface area contributed by atoms with Crippen LogP contribution in [0.4, 0.5) is 5.82 Å². The summed E-state index contributed by atoms with van der Waals surface area (Å²) in [4.78, 5) is 24.9. The first-order chi connectivity index (χ1) is 10.7. The molecule has 0 amide bonds. The summed E-state index contributed by atoms with van der Waals surface area (Å²) in [5, 5.41) is 5.23.